The number of hydrogen-bond donors (Lipinski definition) is 2. The molecule has 1 aliphatic rings. The minimum atomic E-state index is 0.199. The van der Waals surface area contributed by atoms with Gasteiger partial charge in [-0.2, -0.15) is 4.98 Å². The molecule has 0 bridgehead atoms. The molecule has 0 unspecified atom stereocenters. The number of nitrogens with zero attached hydrogens (tertiary/aromatic N) is 3. The normalized spacial score (nSPS) is 16.7. The summed E-state index contributed by atoms with van der Waals surface area (Å²) in [5, 5.41) is 0. The van der Waals surface area contributed by atoms with Crippen molar-refractivity contribution in [2.24, 2.45) is 0 Å². The number of nitrogen functional groups attached to an aromatic ring is 2. The summed E-state index contributed by atoms with van der Waals surface area (Å²) in [6, 6.07) is 3.97. The summed E-state index contributed by atoms with van der Waals surface area (Å²) in [5.74, 6) is 1.13. The molecule has 5 nitrogen and oxygen atoms in total. The van der Waals surface area contributed by atoms with Crippen molar-refractivity contribution in [3.63, 3.8) is 0 Å². The Labute approximate surface area is 99.3 Å². The molecule has 0 atom stereocenters. The zero-order valence-electron chi connectivity index (χ0n) is 9.56. The molecule has 0 aliphatic heterocycles. The van der Waals surface area contributed by atoms with Gasteiger partial charge in [0.25, 0.3) is 0 Å². The fourth-order valence-electron chi connectivity index (χ4n) is 2.52. The fraction of sp³-hybridized carbons (Fsp3) is 0.417. The predicted molar refractivity (Wildman–Crippen MR) is 67.4 cm³/mol. The number of fused-ring (bicyclic) bond motifs is 1. The lowest BCUT2D eigenvalue weighted by molar-refractivity contribution is 0.701. The van der Waals surface area contributed by atoms with Gasteiger partial charge < -0.3 is 11.5 Å². The molecular formula is C12H15N5. The highest BCUT2D eigenvalue weighted by molar-refractivity contribution is 5.84. The van der Waals surface area contributed by atoms with Crippen molar-refractivity contribution in [3.05, 3.63) is 17.8 Å². The lowest BCUT2D eigenvalue weighted by atomic mass is 10.0. The second-order valence-corrected chi connectivity index (χ2v) is 4.55. The van der Waals surface area contributed by atoms with Gasteiger partial charge in [-0.3, -0.25) is 0 Å². The first-order valence-corrected chi connectivity index (χ1v) is 5.93. The number of aromatic nitrogens is 3. The van der Waals surface area contributed by atoms with Gasteiger partial charge in [0.05, 0.1) is 5.52 Å². The Morgan fingerprint density at radius 2 is 1.76 bits per heavy atom. The number of anilines is 2. The summed E-state index contributed by atoms with van der Waals surface area (Å²) >= 11 is 0. The fourth-order valence-corrected chi connectivity index (χ4v) is 2.52. The van der Waals surface area contributed by atoms with E-state index in [1.54, 1.807) is 0 Å². The summed E-state index contributed by atoms with van der Waals surface area (Å²) in [6.07, 6.45) is 5.01. The summed E-state index contributed by atoms with van der Waals surface area (Å²) in [4.78, 5) is 12.7. The third kappa shape index (κ3) is 1.77. The van der Waals surface area contributed by atoms with Crippen molar-refractivity contribution in [3.8, 4) is 0 Å². The summed E-state index contributed by atoms with van der Waals surface area (Å²) < 4.78 is 0. The van der Waals surface area contributed by atoms with Gasteiger partial charge >= 0.3 is 0 Å². The van der Waals surface area contributed by atoms with Crippen molar-refractivity contribution in [2.75, 3.05) is 11.5 Å². The maximum Gasteiger partial charge on any atom is 0.222 e. The van der Waals surface area contributed by atoms with Gasteiger partial charge in [-0.25, -0.2) is 9.97 Å². The molecule has 5 heteroatoms. The Hall–Kier alpha value is -1.91. The molecule has 4 N–H and O–H groups in total. The van der Waals surface area contributed by atoms with Gasteiger partial charge in [0.1, 0.15) is 5.52 Å². The Morgan fingerprint density at radius 3 is 2.53 bits per heavy atom. The van der Waals surface area contributed by atoms with E-state index in [0.29, 0.717) is 17.3 Å². The monoisotopic (exact) mass is 229 g/mol. The van der Waals surface area contributed by atoms with Crippen molar-refractivity contribution >= 4 is 22.8 Å². The van der Waals surface area contributed by atoms with Gasteiger partial charge in [-0.05, 0) is 25.0 Å². The quantitative estimate of drug-likeness (QED) is 0.778. The van der Waals surface area contributed by atoms with Crippen molar-refractivity contribution in [1.82, 2.24) is 15.0 Å². The van der Waals surface area contributed by atoms with E-state index in [1.807, 2.05) is 12.1 Å². The summed E-state index contributed by atoms with van der Waals surface area (Å²) in [5.41, 5.74) is 13.9. The lowest BCUT2D eigenvalue weighted by Crippen LogP contribution is -2.04. The topological polar surface area (TPSA) is 90.7 Å². The van der Waals surface area contributed by atoms with Crippen LogP contribution < -0.4 is 11.5 Å². The van der Waals surface area contributed by atoms with Crippen molar-refractivity contribution in [1.29, 1.82) is 0 Å². The van der Waals surface area contributed by atoms with Crippen LogP contribution in [0.4, 0.5) is 11.8 Å². The van der Waals surface area contributed by atoms with E-state index in [9.17, 15) is 0 Å². The van der Waals surface area contributed by atoms with Crippen LogP contribution in [0.5, 0.6) is 0 Å². The minimum Gasteiger partial charge on any atom is -0.382 e. The SMILES string of the molecule is Nc1nc(N)c2nc(C3CCCC3)ccc2n1. The van der Waals surface area contributed by atoms with Crippen molar-refractivity contribution < 1.29 is 0 Å². The van der Waals surface area contributed by atoms with E-state index in [4.69, 9.17) is 11.5 Å². The minimum absolute atomic E-state index is 0.199. The van der Waals surface area contributed by atoms with Crippen LogP contribution in [0.15, 0.2) is 12.1 Å². The predicted octanol–water partition coefficient (Wildman–Crippen LogP) is 1.85. The largest absolute Gasteiger partial charge is 0.382 e. The zero-order valence-corrected chi connectivity index (χ0v) is 9.56. The maximum atomic E-state index is 5.83. The molecule has 0 amide bonds. The second kappa shape index (κ2) is 3.84. The summed E-state index contributed by atoms with van der Waals surface area (Å²) in [7, 11) is 0. The van der Waals surface area contributed by atoms with Gasteiger partial charge in [-0.1, -0.05) is 12.8 Å². The Balaban J connectivity index is 2.11. The molecule has 0 aromatic carbocycles. The van der Waals surface area contributed by atoms with Crippen LogP contribution in [-0.4, -0.2) is 15.0 Å². The smallest absolute Gasteiger partial charge is 0.222 e. The highest BCUT2D eigenvalue weighted by atomic mass is 15.0. The van der Waals surface area contributed by atoms with E-state index in [0.717, 1.165) is 11.2 Å². The van der Waals surface area contributed by atoms with Gasteiger partial charge in [-0.15, -0.1) is 0 Å². The number of hydrogen-bond acceptors (Lipinski definition) is 5. The average Bonchev–Trinajstić information content (AvgIpc) is 2.82. The van der Waals surface area contributed by atoms with Crippen LogP contribution in [-0.2, 0) is 0 Å². The molecule has 1 saturated carbocycles. The summed E-state index contributed by atoms with van der Waals surface area (Å²) in [6.45, 7) is 0. The molecular weight excluding hydrogens is 214 g/mol. The van der Waals surface area contributed by atoms with Crippen LogP contribution in [0.2, 0.25) is 0 Å². The van der Waals surface area contributed by atoms with E-state index in [2.05, 4.69) is 15.0 Å². The van der Waals surface area contributed by atoms with E-state index in [1.165, 1.54) is 25.7 Å². The zero-order chi connectivity index (χ0) is 11.8. The second-order valence-electron chi connectivity index (χ2n) is 4.55. The molecule has 17 heavy (non-hydrogen) atoms. The molecule has 1 fully saturated rings. The lowest BCUT2D eigenvalue weighted by Gasteiger charge is -2.09. The third-order valence-corrected chi connectivity index (χ3v) is 3.38. The van der Waals surface area contributed by atoms with Crippen molar-refractivity contribution in [2.45, 2.75) is 31.6 Å². The molecule has 88 valence electrons. The van der Waals surface area contributed by atoms with Gasteiger partial charge in [0.2, 0.25) is 5.95 Å². The van der Waals surface area contributed by atoms with E-state index in [-0.39, 0.29) is 5.95 Å². The molecule has 2 heterocycles. The molecule has 0 spiro atoms. The Bertz CT molecular complexity index is 560. The molecule has 3 rings (SSSR count). The molecule has 0 radical (unpaired) electrons. The highest BCUT2D eigenvalue weighted by Crippen LogP contribution is 2.33. The number of pyridine rings is 1. The first-order valence-electron chi connectivity index (χ1n) is 5.93. The highest BCUT2D eigenvalue weighted by Gasteiger charge is 2.19. The number of nitrogens with two attached hydrogens (primary N) is 2. The first-order chi connectivity index (χ1) is 8.24. The van der Waals surface area contributed by atoms with Crippen LogP contribution >= 0.6 is 0 Å². The van der Waals surface area contributed by atoms with Gasteiger partial charge in [0, 0.05) is 11.6 Å². The Kier molecular flexibility index (Phi) is 2.31. The average molecular weight is 229 g/mol. The van der Waals surface area contributed by atoms with Gasteiger partial charge in [0.15, 0.2) is 5.82 Å². The first kappa shape index (κ1) is 10.3. The van der Waals surface area contributed by atoms with E-state index < -0.39 is 0 Å². The van der Waals surface area contributed by atoms with Crippen LogP contribution in [0, 0.1) is 0 Å². The van der Waals surface area contributed by atoms with E-state index >= 15 is 0 Å². The van der Waals surface area contributed by atoms with Crippen LogP contribution in [0.25, 0.3) is 11.0 Å². The van der Waals surface area contributed by atoms with Crippen LogP contribution in [0.3, 0.4) is 0 Å². The standard InChI is InChI=1S/C12H15N5/c13-11-10-9(16-12(14)17-11)6-5-8(15-10)7-3-1-2-4-7/h5-7H,1-4H2,(H4,13,14,16,17). The molecule has 0 saturated heterocycles. The van der Waals surface area contributed by atoms with Crippen LogP contribution in [0.1, 0.15) is 37.3 Å². The maximum absolute atomic E-state index is 5.83. The molecule has 1 aliphatic carbocycles. The number of rotatable bonds is 1. The molecule has 2 aromatic heterocycles. The molecule has 2 aromatic rings. The third-order valence-electron chi connectivity index (χ3n) is 3.38. The Morgan fingerprint density at radius 1 is 1.00 bits per heavy atom.